The largest absolute Gasteiger partial charge is 0.466 e. The van der Waals surface area contributed by atoms with Crippen LogP contribution in [0.3, 0.4) is 0 Å². The predicted octanol–water partition coefficient (Wildman–Crippen LogP) is 3.23. The number of halogens is 2. The van der Waals surface area contributed by atoms with Crippen molar-refractivity contribution >= 4 is 47.5 Å². The van der Waals surface area contributed by atoms with Crippen LogP contribution in [-0.2, 0) is 9.53 Å². The molecular weight excluding hydrogens is 481 g/mol. The standard InChI is InChI=1S/C19H28ClN3O3.HI/c1-3-21-19(22-13-17(24)15-7-5-6-8-16(15)20)23-11-9-14(10-12-23)18(25)26-4-2;/h5-8,14,17,24H,3-4,9-13H2,1-2H3,(H,21,22);1H. The Morgan fingerprint density at radius 2 is 2.04 bits per heavy atom. The molecule has 0 aliphatic carbocycles. The molecule has 6 nitrogen and oxygen atoms in total. The second-order valence-electron chi connectivity index (χ2n) is 6.25. The number of ether oxygens (including phenoxy) is 1. The second-order valence-corrected chi connectivity index (χ2v) is 6.65. The number of carbonyl (C=O) groups excluding carboxylic acids is 1. The summed E-state index contributed by atoms with van der Waals surface area (Å²) >= 11 is 6.14. The first-order valence-electron chi connectivity index (χ1n) is 9.19. The van der Waals surface area contributed by atoms with Gasteiger partial charge in [-0.25, -0.2) is 0 Å². The Balaban J connectivity index is 0.00000364. The van der Waals surface area contributed by atoms with Crippen LogP contribution < -0.4 is 5.32 Å². The predicted molar refractivity (Wildman–Crippen MR) is 119 cm³/mol. The summed E-state index contributed by atoms with van der Waals surface area (Å²) in [5, 5.41) is 14.2. The number of esters is 1. The summed E-state index contributed by atoms with van der Waals surface area (Å²) in [6.45, 7) is 6.68. The quantitative estimate of drug-likeness (QED) is 0.267. The van der Waals surface area contributed by atoms with Crippen molar-refractivity contribution in [3.63, 3.8) is 0 Å². The van der Waals surface area contributed by atoms with Gasteiger partial charge in [0.25, 0.3) is 0 Å². The highest BCUT2D eigenvalue weighted by atomic mass is 127. The molecule has 27 heavy (non-hydrogen) atoms. The molecular formula is C19H29ClIN3O3. The van der Waals surface area contributed by atoms with Gasteiger partial charge in [-0.05, 0) is 32.8 Å². The molecule has 0 bridgehead atoms. The maximum atomic E-state index is 11.9. The Bertz CT molecular complexity index is 622. The van der Waals surface area contributed by atoms with E-state index < -0.39 is 6.10 Å². The van der Waals surface area contributed by atoms with Gasteiger partial charge in [0.1, 0.15) is 6.10 Å². The zero-order valence-electron chi connectivity index (χ0n) is 15.9. The Morgan fingerprint density at radius 1 is 1.37 bits per heavy atom. The minimum absolute atomic E-state index is 0. The van der Waals surface area contributed by atoms with Gasteiger partial charge >= 0.3 is 5.97 Å². The van der Waals surface area contributed by atoms with Crippen LogP contribution in [0.2, 0.25) is 5.02 Å². The van der Waals surface area contributed by atoms with E-state index in [2.05, 4.69) is 15.2 Å². The van der Waals surface area contributed by atoms with Crippen molar-refractivity contribution in [3.8, 4) is 0 Å². The van der Waals surface area contributed by atoms with E-state index in [9.17, 15) is 9.90 Å². The number of likely N-dealkylation sites (tertiary alicyclic amines) is 1. The zero-order valence-corrected chi connectivity index (χ0v) is 18.9. The fraction of sp³-hybridized carbons (Fsp3) is 0.579. The monoisotopic (exact) mass is 509 g/mol. The minimum Gasteiger partial charge on any atom is -0.466 e. The van der Waals surface area contributed by atoms with Crippen molar-refractivity contribution in [1.29, 1.82) is 0 Å². The fourth-order valence-corrected chi connectivity index (χ4v) is 3.29. The van der Waals surface area contributed by atoms with E-state index in [0.29, 0.717) is 17.2 Å². The van der Waals surface area contributed by atoms with Crippen molar-refractivity contribution < 1.29 is 14.6 Å². The maximum absolute atomic E-state index is 11.9. The lowest BCUT2D eigenvalue weighted by atomic mass is 9.97. The molecule has 0 aromatic heterocycles. The van der Waals surface area contributed by atoms with E-state index in [-0.39, 0.29) is 42.4 Å². The Kier molecular flexibility index (Phi) is 11.0. The van der Waals surface area contributed by atoms with Gasteiger partial charge in [-0.15, -0.1) is 24.0 Å². The molecule has 1 fully saturated rings. The Morgan fingerprint density at radius 3 is 2.63 bits per heavy atom. The molecule has 1 aromatic rings. The third-order valence-corrected chi connectivity index (χ3v) is 4.77. The SMILES string of the molecule is CCNC(=NCC(O)c1ccccc1Cl)N1CCC(C(=O)OCC)CC1.I. The average molecular weight is 510 g/mol. The van der Waals surface area contributed by atoms with E-state index in [0.717, 1.165) is 38.4 Å². The van der Waals surface area contributed by atoms with E-state index in [1.165, 1.54) is 0 Å². The number of hydrogen-bond donors (Lipinski definition) is 2. The fourth-order valence-electron chi connectivity index (χ4n) is 3.03. The maximum Gasteiger partial charge on any atom is 0.309 e. The lowest BCUT2D eigenvalue weighted by molar-refractivity contribution is -0.149. The molecule has 8 heteroatoms. The molecule has 152 valence electrons. The van der Waals surface area contributed by atoms with Crippen LogP contribution in [0.4, 0.5) is 0 Å². The van der Waals surface area contributed by atoms with Gasteiger partial charge in [-0.3, -0.25) is 9.79 Å². The molecule has 1 aromatic carbocycles. The number of hydrogen-bond acceptors (Lipinski definition) is 4. The molecule has 0 spiro atoms. The number of piperidine rings is 1. The summed E-state index contributed by atoms with van der Waals surface area (Å²) < 4.78 is 5.11. The number of rotatable bonds is 6. The lowest BCUT2D eigenvalue weighted by Crippen LogP contribution is -2.47. The number of aliphatic hydroxyl groups excluding tert-OH is 1. The van der Waals surface area contributed by atoms with Crippen LogP contribution in [0.25, 0.3) is 0 Å². The first-order valence-corrected chi connectivity index (χ1v) is 9.57. The topological polar surface area (TPSA) is 74.2 Å². The molecule has 1 saturated heterocycles. The molecule has 1 atom stereocenters. The zero-order chi connectivity index (χ0) is 18.9. The highest BCUT2D eigenvalue weighted by Crippen LogP contribution is 2.23. The smallest absolute Gasteiger partial charge is 0.309 e. The summed E-state index contributed by atoms with van der Waals surface area (Å²) in [4.78, 5) is 18.6. The molecule has 2 N–H and O–H groups in total. The number of nitrogens with one attached hydrogen (secondary N) is 1. The minimum atomic E-state index is -0.755. The number of guanidine groups is 1. The Hall–Kier alpha value is -1.06. The number of aliphatic imine (C=N–C) groups is 1. The van der Waals surface area contributed by atoms with Crippen molar-refractivity contribution in [1.82, 2.24) is 10.2 Å². The van der Waals surface area contributed by atoms with E-state index in [1.807, 2.05) is 26.0 Å². The van der Waals surface area contributed by atoms with Crippen molar-refractivity contribution in [3.05, 3.63) is 34.9 Å². The van der Waals surface area contributed by atoms with E-state index in [1.54, 1.807) is 12.1 Å². The molecule has 0 saturated carbocycles. The third kappa shape index (κ3) is 7.12. The molecule has 2 rings (SSSR count). The molecule has 1 heterocycles. The highest BCUT2D eigenvalue weighted by molar-refractivity contribution is 14.0. The third-order valence-electron chi connectivity index (χ3n) is 4.43. The molecule has 0 radical (unpaired) electrons. The summed E-state index contributed by atoms with van der Waals surface area (Å²) in [6.07, 6.45) is 0.738. The average Bonchev–Trinajstić information content (AvgIpc) is 2.65. The number of benzene rings is 1. The molecule has 1 unspecified atom stereocenters. The first kappa shape index (κ1) is 24.0. The van der Waals surface area contributed by atoms with Crippen molar-refractivity contribution in [2.45, 2.75) is 32.8 Å². The van der Waals surface area contributed by atoms with Gasteiger partial charge in [-0.1, -0.05) is 29.8 Å². The van der Waals surface area contributed by atoms with Gasteiger partial charge in [0.15, 0.2) is 5.96 Å². The van der Waals surface area contributed by atoms with Crippen LogP contribution in [0, 0.1) is 5.92 Å². The van der Waals surface area contributed by atoms with Gasteiger partial charge in [0.05, 0.1) is 19.1 Å². The van der Waals surface area contributed by atoms with Crippen LogP contribution in [0.5, 0.6) is 0 Å². The summed E-state index contributed by atoms with van der Waals surface area (Å²) in [5.74, 6) is 0.604. The van der Waals surface area contributed by atoms with Crippen LogP contribution >= 0.6 is 35.6 Å². The highest BCUT2D eigenvalue weighted by Gasteiger charge is 2.27. The molecule has 1 aliphatic rings. The second kappa shape index (κ2) is 12.4. The van der Waals surface area contributed by atoms with Gasteiger partial charge in [-0.2, -0.15) is 0 Å². The number of nitrogens with zero attached hydrogens (tertiary/aromatic N) is 2. The normalized spacial score (nSPS) is 16.4. The summed E-state index contributed by atoms with van der Waals surface area (Å²) in [7, 11) is 0. The number of carbonyl (C=O) groups is 1. The van der Waals surface area contributed by atoms with Crippen LogP contribution in [-0.4, -0.2) is 54.7 Å². The van der Waals surface area contributed by atoms with Crippen molar-refractivity contribution in [2.24, 2.45) is 10.9 Å². The van der Waals surface area contributed by atoms with Crippen LogP contribution in [0.1, 0.15) is 38.4 Å². The molecule has 0 amide bonds. The summed E-state index contributed by atoms with van der Waals surface area (Å²) in [6, 6.07) is 7.24. The van der Waals surface area contributed by atoms with Gasteiger partial charge in [0.2, 0.25) is 0 Å². The van der Waals surface area contributed by atoms with Gasteiger partial charge in [0, 0.05) is 30.2 Å². The van der Waals surface area contributed by atoms with Gasteiger partial charge < -0.3 is 20.1 Å². The van der Waals surface area contributed by atoms with Crippen LogP contribution in [0.15, 0.2) is 29.3 Å². The molecule has 1 aliphatic heterocycles. The number of aliphatic hydroxyl groups is 1. The van der Waals surface area contributed by atoms with Crippen molar-refractivity contribution in [2.75, 3.05) is 32.8 Å². The van der Waals surface area contributed by atoms with E-state index >= 15 is 0 Å². The first-order chi connectivity index (χ1) is 12.6. The summed E-state index contributed by atoms with van der Waals surface area (Å²) in [5.41, 5.74) is 0.676. The lowest BCUT2D eigenvalue weighted by Gasteiger charge is -2.33. The van der Waals surface area contributed by atoms with E-state index in [4.69, 9.17) is 16.3 Å². The Labute approximate surface area is 183 Å².